The van der Waals surface area contributed by atoms with Crippen LogP contribution in [0.15, 0.2) is 0 Å². The van der Waals surface area contributed by atoms with E-state index in [1.165, 1.54) is 0 Å². The number of carbonyl (C=O) groups is 4. The van der Waals surface area contributed by atoms with Crippen LogP contribution in [0.25, 0.3) is 0 Å². The number of rotatable bonds is 0. The summed E-state index contributed by atoms with van der Waals surface area (Å²) in [5.41, 5.74) is 0. The molecule has 11 heteroatoms. The molecule has 0 saturated carbocycles. The third-order valence-electron chi connectivity index (χ3n) is 0.366. The van der Waals surface area contributed by atoms with Crippen molar-refractivity contribution in [3.63, 3.8) is 0 Å². The van der Waals surface area contributed by atoms with Gasteiger partial charge in [0.15, 0.2) is 0 Å². The van der Waals surface area contributed by atoms with Crippen LogP contribution in [0.5, 0.6) is 0 Å². The third-order valence-corrected chi connectivity index (χ3v) is 0.366. The van der Waals surface area contributed by atoms with Gasteiger partial charge >= 0.3 is 126 Å². The second-order valence-electron chi connectivity index (χ2n) is 1.22. The first-order valence-corrected chi connectivity index (χ1v) is 2.21. The van der Waals surface area contributed by atoms with Gasteiger partial charge in [0, 0.05) is 0 Å². The molecule has 0 fully saturated rings. The zero-order valence-corrected chi connectivity index (χ0v) is 16.4. The molecule has 4 N–H and O–H groups in total. The SMILES string of the molecule is O=C(O)C(=O)O.O=C(O)C(=O)O.[KH].[PbH2].[SnH2]. The van der Waals surface area contributed by atoms with Gasteiger partial charge in [-0.3, -0.25) is 0 Å². The molecule has 0 heterocycles. The van der Waals surface area contributed by atoms with Gasteiger partial charge in [0.2, 0.25) is 0 Å². The fourth-order valence-electron chi connectivity index (χ4n) is 0. The molecule has 0 saturated heterocycles. The predicted octanol–water partition coefficient (Wildman–Crippen LogP) is -4.17. The summed E-state index contributed by atoms with van der Waals surface area (Å²) < 4.78 is 0. The second kappa shape index (κ2) is 17.6. The van der Waals surface area contributed by atoms with Crippen LogP contribution in [0.4, 0.5) is 0 Å². The molecule has 8 nitrogen and oxygen atoms in total. The molecule has 0 aliphatic carbocycles. The van der Waals surface area contributed by atoms with Crippen molar-refractivity contribution >= 4 is 126 Å². The van der Waals surface area contributed by atoms with Crippen molar-refractivity contribution in [1.82, 2.24) is 0 Å². The van der Waals surface area contributed by atoms with Gasteiger partial charge in [0.25, 0.3) is 0 Å². The first kappa shape index (κ1) is 29.9. The molecule has 0 aliphatic rings. The third kappa shape index (κ3) is 31.3. The monoisotopic (exact) mass is 552 g/mol. The van der Waals surface area contributed by atoms with E-state index in [9.17, 15) is 0 Å². The molecule has 0 amide bonds. The fourth-order valence-corrected chi connectivity index (χ4v) is 0. The molecule has 0 aromatic rings. The second-order valence-corrected chi connectivity index (χ2v) is 1.22. The van der Waals surface area contributed by atoms with Crippen molar-refractivity contribution < 1.29 is 39.6 Å². The molecule has 0 aromatic carbocycles. The van der Waals surface area contributed by atoms with E-state index in [-0.39, 0.29) is 103 Å². The van der Waals surface area contributed by atoms with E-state index in [0.29, 0.717) is 0 Å². The summed E-state index contributed by atoms with van der Waals surface area (Å²) in [6, 6.07) is 0. The summed E-state index contributed by atoms with van der Waals surface area (Å²) >= 11 is 0. The molecular weight excluding hydrogens is 541 g/mol. The Morgan fingerprint density at radius 2 is 0.667 bits per heavy atom. The summed E-state index contributed by atoms with van der Waals surface area (Å²) in [5, 5.41) is 29.6. The average molecular weight is 550 g/mol. The maximum atomic E-state index is 9.10. The van der Waals surface area contributed by atoms with Gasteiger partial charge in [0.1, 0.15) is 0 Å². The van der Waals surface area contributed by atoms with Gasteiger partial charge in [0.05, 0.1) is 0 Å². The van der Waals surface area contributed by atoms with Crippen LogP contribution in [-0.2, 0) is 19.2 Å². The van der Waals surface area contributed by atoms with E-state index in [1.54, 1.807) is 0 Å². The van der Waals surface area contributed by atoms with E-state index < -0.39 is 23.9 Å². The minimum atomic E-state index is -1.82. The first-order valence-electron chi connectivity index (χ1n) is 2.21. The molecule has 0 bridgehead atoms. The molecule has 0 aliphatic heterocycles. The number of carboxylic acids is 4. The topological polar surface area (TPSA) is 149 Å². The Balaban J connectivity index is -0.0000000370. The van der Waals surface area contributed by atoms with Crippen LogP contribution >= 0.6 is 0 Å². The standard InChI is InChI=1S/2C2H2O4.K.Pb.Sn.5H/c2*3-1(4)2(5)6;;;;;;;;/h2*(H,3,4)(H,5,6);;;;;;;;. The summed E-state index contributed by atoms with van der Waals surface area (Å²) in [6.07, 6.45) is 0. The van der Waals surface area contributed by atoms with Crippen molar-refractivity contribution in [3.05, 3.63) is 0 Å². The zero-order chi connectivity index (χ0) is 10.3. The molecule has 0 atom stereocenters. The summed E-state index contributed by atoms with van der Waals surface area (Å²) in [6.45, 7) is 0. The fraction of sp³-hybridized carbons (Fsp3) is 0. The van der Waals surface area contributed by atoms with E-state index in [2.05, 4.69) is 0 Å². The Hall–Kier alpha value is 1.24. The van der Waals surface area contributed by atoms with Crippen molar-refractivity contribution in [2.45, 2.75) is 0 Å². The van der Waals surface area contributed by atoms with E-state index in [1.807, 2.05) is 0 Å². The van der Waals surface area contributed by atoms with Gasteiger partial charge in [-0.15, -0.1) is 0 Å². The molecule has 0 spiro atoms. The molecule has 0 rings (SSSR count). The number of carboxylic acid groups (broad SMARTS) is 4. The Kier molecular flexibility index (Phi) is 35.1. The average Bonchev–Trinajstić information content (AvgIpc) is 1.88. The van der Waals surface area contributed by atoms with Gasteiger partial charge in [-0.25, -0.2) is 19.2 Å². The zero-order valence-electron chi connectivity index (χ0n) is 6.84. The van der Waals surface area contributed by atoms with Gasteiger partial charge < -0.3 is 20.4 Å². The van der Waals surface area contributed by atoms with E-state index in [0.717, 1.165) is 0 Å². The molecule has 0 aromatic heterocycles. The number of hydrogen-bond acceptors (Lipinski definition) is 4. The van der Waals surface area contributed by atoms with Crippen molar-refractivity contribution in [1.29, 1.82) is 0 Å². The van der Waals surface area contributed by atoms with Crippen LogP contribution in [0.3, 0.4) is 0 Å². The Morgan fingerprint density at radius 3 is 0.667 bits per heavy atom. The molecular formula is C4H9KO8PbSn. The van der Waals surface area contributed by atoms with Crippen LogP contribution in [0.2, 0.25) is 0 Å². The van der Waals surface area contributed by atoms with Crippen LogP contribution in [-0.4, -0.2) is 147 Å². The van der Waals surface area contributed by atoms with Gasteiger partial charge in [-0.1, -0.05) is 0 Å². The Labute approximate surface area is 163 Å². The molecule has 4 radical (unpaired) electrons. The van der Waals surface area contributed by atoms with Gasteiger partial charge in [-0.2, -0.15) is 0 Å². The van der Waals surface area contributed by atoms with E-state index >= 15 is 0 Å². The van der Waals surface area contributed by atoms with Gasteiger partial charge in [-0.05, 0) is 0 Å². The summed E-state index contributed by atoms with van der Waals surface area (Å²) in [7, 11) is 0. The van der Waals surface area contributed by atoms with Crippen molar-refractivity contribution in [3.8, 4) is 0 Å². The van der Waals surface area contributed by atoms with Crippen LogP contribution in [0.1, 0.15) is 0 Å². The predicted molar refractivity (Wildman–Crippen MR) is 54.8 cm³/mol. The molecule has 82 valence electrons. The maximum absolute atomic E-state index is 9.10. The normalized spacial score (nSPS) is 5.87. The quantitative estimate of drug-likeness (QED) is 0.176. The number of hydrogen-bond donors (Lipinski definition) is 4. The first-order chi connectivity index (χ1) is 5.29. The molecule has 15 heavy (non-hydrogen) atoms. The van der Waals surface area contributed by atoms with E-state index in [4.69, 9.17) is 39.6 Å². The van der Waals surface area contributed by atoms with Crippen LogP contribution < -0.4 is 0 Å². The summed E-state index contributed by atoms with van der Waals surface area (Å²) in [5.74, 6) is -7.30. The van der Waals surface area contributed by atoms with Crippen molar-refractivity contribution in [2.24, 2.45) is 0 Å². The van der Waals surface area contributed by atoms with Crippen LogP contribution in [0, 0.1) is 0 Å². The Morgan fingerprint density at radius 1 is 0.600 bits per heavy atom. The summed E-state index contributed by atoms with van der Waals surface area (Å²) in [4.78, 5) is 36.4. The molecule has 0 unspecified atom stereocenters. The minimum absolute atomic E-state index is 0. The number of aliphatic carboxylic acids is 4. The Bertz CT molecular complexity index is 183. The van der Waals surface area contributed by atoms with Crippen molar-refractivity contribution in [2.75, 3.05) is 0 Å².